The fraction of sp³-hybridized carbons (Fsp3) is 0.261. The van der Waals surface area contributed by atoms with Crippen molar-refractivity contribution in [1.82, 2.24) is 14.5 Å². The highest BCUT2D eigenvalue weighted by Gasteiger charge is 2.21. The minimum absolute atomic E-state index is 0.0108. The number of nitro groups is 1. The first kappa shape index (κ1) is 21.6. The number of rotatable bonds is 9. The Morgan fingerprint density at radius 1 is 1.22 bits per heavy atom. The number of anilines is 1. The summed E-state index contributed by atoms with van der Waals surface area (Å²) in [5, 5.41) is 11.6. The molecule has 0 atom stereocenters. The maximum atomic E-state index is 13.3. The number of fused-ring (bicyclic) bond motifs is 1. The van der Waals surface area contributed by atoms with Gasteiger partial charge in [0.2, 0.25) is 5.91 Å². The van der Waals surface area contributed by atoms with Gasteiger partial charge in [-0.05, 0) is 30.0 Å². The zero-order valence-corrected chi connectivity index (χ0v) is 18.5. The van der Waals surface area contributed by atoms with Gasteiger partial charge >= 0.3 is 0 Å². The van der Waals surface area contributed by atoms with Crippen LogP contribution in [0.5, 0.6) is 0 Å². The van der Waals surface area contributed by atoms with Crippen LogP contribution >= 0.6 is 11.3 Å². The molecule has 0 unspecified atom stereocenters. The van der Waals surface area contributed by atoms with Gasteiger partial charge in [0.15, 0.2) is 5.13 Å². The molecule has 2 aromatic heterocycles. The molecule has 0 aliphatic heterocycles. The summed E-state index contributed by atoms with van der Waals surface area (Å²) < 4.78 is 3.04. The van der Waals surface area contributed by atoms with Crippen molar-refractivity contribution in [3.05, 3.63) is 82.4 Å². The monoisotopic (exact) mass is 449 g/mol. The maximum absolute atomic E-state index is 13.3. The summed E-state index contributed by atoms with van der Waals surface area (Å²) >= 11 is 1.51. The van der Waals surface area contributed by atoms with E-state index in [1.54, 1.807) is 29.6 Å². The summed E-state index contributed by atoms with van der Waals surface area (Å²) in [4.78, 5) is 34.4. The Balaban J connectivity index is 1.57. The van der Waals surface area contributed by atoms with Gasteiger partial charge in [0.05, 0.1) is 27.9 Å². The number of nitrogens with zero attached hydrogens (tertiary/aromatic N) is 5. The molecule has 2 heterocycles. The Labute approximate surface area is 189 Å². The van der Waals surface area contributed by atoms with Crippen LogP contribution in [0.25, 0.3) is 10.2 Å². The van der Waals surface area contributed by atoms with E-state index < -0.39 is 4.92 Å². The third-order valence-corrected chi connectivity index (χ3v) is 6.31. The lowest BCUT2D eigenvalue weighted by Gasteiger charge is -2.20. The Morgan fingerprint density at radius 2 is 2.03 bits per heavy atom. The molecule has 0 aliphatic rings. The molecule has 0 aliphatic carbocycles. The number of nitro benzene ring substituents is 1. The Hall–Kier alpha value is -3.59. The number of non-ortho nitro benzene ring substituents is 1. The summed E-state index contributed by atoms with van der Waals surface area (Å²) in [6.07, 6.45) is 7.16. The summed E-state index contributed by atoms with van der Waals surface area (Å²) in [5.41, 5.74) is 2.84. The highest BCUT2D eigenvalue weighted by molar-refractivity contribution is 7.22. The molecule has 164 valence electrons. The fourth-order valence-electron chi connectivity index (χ4n) is 3.56. The van der Waals surface area contributed by atoms with Gasteiger partial charge in [-0.2, -0.15) is 0 Å². The number of para-hydroxylation sites is 1. The third-order valence-electron chi connectivity index (χ3n) is 5.26. The normalized spacial score (nSPS) is 11.0. The predicted octanol–water partition coefficient (Wildman–Crippen LogP) is 4.63. The topological polar surface area (TPSA) is 94.2 Å². The van der Waals surface area contributed by atoms with Gasteiger partial charge in [0.1, 0.15) is 0 Å². The Morgan fingerprint density at radius 3 is 2.72 bits per heavy atom. The molecular formula is C23H23N5O3S. The number of hydrogen-bond acceptors (Lipinski definition) is 6. The molecule has 2 aromatic carbocycles. The van der Waals surface area contributed by atoms with Crippen molar-refractivity contribution in [2.45, 2.75) is 32.7 Å². The number of imidazole rings is 1. The van der Waals surface area contributed by atoms with Crippen LogP contribution in [-0.2, 0) is 24.2 Å². The van der Waals surface area contributed by atoms with Crippen molar-refractivity contribution in [2.75, 3.05) is 11.4 Å². The van der Waals surface area contributed by atoms with Crippen molar-refractivity contribution in [3.63, 3.8) is 0 Å². The smallest absolute Gasteiger partial charge is 0.269 e. The number of carbonyl (C=O) groups excluding carboxylic acids is 1. The summed E-state index contributed by atoms with van der Waals surface area (Å²) in [6, 6.07) is 12.2. The van der Waals surface area contributed by atoms with Crippen LogP contribution in [0, 0.1) is 10.1 Å². The first-order chi connectivity index (χ1) is 15.5. The van der Waals surface area contributed by atoms with Gasteiger partial charge in [-0.1, -0.05) is 42.5 Å². The number of aromatic nitrogens is 3. The van der Waals surface area contributed by atoms with E-state index in [0.717, 1.165) is 40.7 Å². The molecule has 4 rings (SSSR count). The van der Waals surface area contributed by atoms with Crippen LogP contribution in [0.3, 0.4) is 0 Å². The van der Waals surface area contributed by atoms with E-state index in [9.17, 15) is 14.9 Å². The van der Waals surface area contributed by atoms with Crippen molar-refractivity contribution in [3.8, 4) is 0 Å². The molecule has 0 spiro atoms. The highest BCUT2D eigenvalue weighted by atomic mass is 32.1. The average Bonchev–Trinajstić information content (AvgIpc) is 3.46. The van der Waals surface area contributed by atoms with E-state index in [0.29, 0.717) is 11.7 Å². The molecule has 8 nitrogen and oxygen atoms in total. The van der Waals surface area contributed by atoms with Crippen molar-refractivity contribution in [2.24, 2.45) is 0 Å². The molecule has 0 radical (unpaired) electrons. The number of aryl methyl sites for hydroxylation is 2. The van der Waals surface area contributed by atoms with Crippen LogP contribution in [0.2, 0.25) is 0 Å². The summed E-state index contributed by atoms with van der Waals surface area (Å²) in [7, 11) is 0. The van der Waals surface area contributed by atoms with Gasteiger partial charge in [-0.25, -0.2) is 9.97 Å². The number of thiazole rings is 1. The SMILES string of the molecule is CCc1cccc2sc(N(CCCn3ccnc3)C(=O)Cc3ccc([N+](=O)[O-])cc3)nc12. The molecular weight excluding hydrogens is 426 g/mol. The number of benzene rings is 2. The zero-order valence-electron chi connectivity index (χ0n) is 17.7. The standard InChI is InChI=1S/C23H23N5O3S/c1-2-18-5-3-6-20-22(18)25-23(32-20)27(13-4-12-26-14-11-24-16-26)21(29)15-17-7-9-19(10-8-17)28(30)31/h3,5-11,14,16H,2,4,12-13,15H2,1H3. The van der Waals surface area contributed by atoms with Gasteiger partial charge in [0.25, 0.3) is 5.69 Å². The Bertz CT molecular complexity index is 1220. The lowest BCUT2D eigenvalue weighted by molar-refractivity contribution is -0.384. The van der Waals surface area contributed by atoms with E-state index in [2.05, 4.69) is 18.0 Å². The van der Waals surface area contributed by atoms with Crippen molar-refractivity contribution < 1.29 is 9.72 Å². The van der Waals surface area contributed by atoms with E-state index in [4.69, 9.17) is 4.98 Å². The molecule has 1 amide bonds. The van der Waals surface area contributed by atoms with Gasteiger partial charge in [-0.3, -0.25) is 19.8 Å². The average molecular weight is 450 g/mol. The predicted molar refractivity (Wildman–Crippen MR) is 125 cm³/mol. The van der Waals surface area contributed by atoms with E-state index in [1.807, 2.05) is 22.9 Å². The van der Waals surface area contributed by atoms with Gasteiger partial charge < -0.3 is 4.57 Å². The summed E-state index contributed by atoms with van der Waals surface area (Å²) in [6.45, 7) is 3.36. The van der Waals surface area contributed by atoms with Crippen LogP contribution in [0.4, 0.5) is 10.8 Å². The minimum Gasteiger partial charge on any atom is -0.337 e. The van der Waals surface area contributed by atoms with E-state index in [-0.39, 0.29) is 18.0 Å². The molecule has 9 heteroatoms. The van der Waals surface area contributed by atoms with Crippen molar-refractivity contribution >= 4 is 38.3 Å². The molecule has 0 saturated carbocycles. The molecule has 4 aromatic rings. The second-order valence-corrected chi connectivity index (χ2v) is 8.42. The highest BCUT2D eigenvalue weighted by Crippen LogP contribution is 2.31. The van der Waals surface area contributed by atoms with Gasteiger partial charge in [-0.15, -0.1) is 0 Å². The van der Waals surface area contributed by atoms with Crippen LogP contribution in [0.15, 0.2) is 61.2 Å². The van der Waals surface area contributed by atoms with E-state index in [1.165, 1.54) is 23.5 Å². The minimum atomic E-state index is -0.444. The largest absolute Gasteiger partial charge is 0.337 e. The number of carbonyl (C=O) groups is 1. The maximum Gasteiger partial charge on any atom is 0.269 e. The van der Waals surface area contributed by atoms with Crippen molar-refractivity contribution in [1.29, 1.82) is 0 Å². The van der Waals surface area contributed by atoms with Gasteiger partial charge in [0, 0.05) is 37.6 Å². The number of amides is 1. The molecule has 0 N–H and O–H groups in total. The molecule has 0 bridgehead atoms. The van der Waals surface area contributed by atoms with Crippen LogP contribution in [-0.4, -0.2) is 31.9 Å². The van der Waals surface area contributed by atoms with E-state index >= 15 is 0 Å². The third kappa shape index (κ3) is 4.83. The first-order valence-electron chi connectivity index (χ1n) is 10.4. The first-order valence-corrected chi connectivity index (χ1v) is 11.2. The number of hydrogen-bond donors (Lipinski definition) is 0. The Kier molecular flexibility index (Phi) is 6.55. The second kappa shape index (κ2) is 9.69. The molecule has 32 heavy (non-hydrogen) atoms. The molecule has 0 fully saturated rings. The molecule has 0 saturated heterocycles. The second-order valence-electron chi connectivity index (χ2n) is 7.41. The fourth-order valence-corrected chi connectivity index (χ4v) is 4.61. The quantitative estimate of drug-likeness (QED) is 0.274. The zero-order chi connectivity index (χ0) is 22.5. The van der Waals surface area contributed by atoms with Crippen LogP contribution < -0.4 is 4.90 Å². The van der Waals surface area contributed by atoms with Crippen LogP contribution in [0.1, 0.15) is 24.5 Å². The summed E-state index contributed by atoms with van der Waals surface area (Å²) in [5.74, 6) is -0.0819. The lowest BCUT2D eigenvalue weighted by atomic mass is 10.1. The lowest BCUT2D eigenvalue weighted by Crippen LogP contribution is -2.33.